The Morgan fingerprint density at radius 2 is 1.63 bits per heavy atom. The van der Waals surface area contributed by atoms with E-state index in [0.717, 1.165) is 42.9 Å². The lowest BCUT2D eigenvalue weighted by Crippen LogP contribution is -2.29. The number of para-hydroxylation sites is 1. The maximum absolute atomic E-state index is 13.2. The maximum Gasteiger partial charge on any atom is 0.124 e. The summed E-state index contributed by atoms with van der Waals surface area (Å²) < 4.78 is 19.2. The molecule has 166 valence electrons. The van der Waals surface area contributed by atoms with Crippen molar-refractivity contribution in [3.8, 4) is 5.75 Å². The predicted molar refractivity (Wildman–Crippen MR) is 125 cm³/mol. The molecule has 0 amide bonds. The molecule has 2 aromatic carbocycles. The van der Waals surface area contributed by atoms with Crippen LogP contribution < -0.4 is 10.1 Å². The zero-order valence-electron chi connectivity index (χ0n) is 18.4. The highest BCUT2D eigenvalue weighted by molar-refractivity contribution is 6.31. The second-order valence-corrected chi connectivity index (χ2v) is 8.12. The number of hydrogen-bond donors (Lipinski definition) is 1. The Balaban J connectivity index is 1.77. The van der Waals surface area contributed by atoms with Crippen LogP contribution in [0.2, 0.25) is 5.02 Å². The third-order valence-electron chi connectivity index (χ3n) is 5.17. The lowest BCUT2D eigenvalue weighted by Gasteiger charge is -2.22. The highest BCUT2D eigenvalue weighted by Crippen LogP contribution is 2.22. The summed E-state index contributed by atoms with van der Waals surface area (Å²) in [6.07, 6.45) is 6.20. The number of unbranched alkanes of at least 4 members (excludes halogenated alkanes) is 2. The topological polar surface area (TPSA) is 24.5 Å². The van der Waals surface area contributed by atoms with Crippen molar-refractivity contribution in [2.75, 3.05) is 26.2 Å². The van der Waals surface area contributed by atoms with Crippen LogP contribution in [0.25, 0.3) is 0 Å². The van der Waals surface area contributed by atoms with E-state index in [4.69, 9.17) is 16.3 Å². The van der Waals surface area contributed by atoms with Crippen molar-refractivity contribution in [2.45, 2.75) is 59.1 Å². The van der Waals surface area contributed by atoms with Gasteiger partial charge in [0, 0.05) is 17.7 Å². The Hall–Kier alpha value is -1.62. The molecule has 0 heterocycles. The Labute approximate surface area is 186 Å². The molecule has 0 aliphatic rings. The standard InChI is InChI=1S/C25H36ClFN2O/c1-3-5-15-29(16-6-4-2)17-9-14-28-19-21-10-7-8-11-25(21)30-20-22-12-13-23(27)18-24(22)26/h7-8,10-13,18,28H,3-6,9,14-17,19-20H2,1-2H3. The van der Waals surface area contributed by atoms with E-state index in [2.05, 4.69) is 30.1 Å². The molecule has 0 atom stereocenters. The van der Waals surface area contributed by atoms with Crippen LogP contribution in [0.1, 0.15) is 57.1 Å². The Bertz CT molecular complexity index is 733. The summed E-state index contributed by atoms with van der Waals surface area (Å²) in [4.78, 5) is 2.60. The van der Waals surface area contributed by atoms with Gasteiger partial charge >= 0.3 is 0 Å². The van der Waals surface area contributed by atoms with Gasteiger partial charge in [0.25, 0.3) is 0 Å². The van der Waals surface area contributed by atoms with Gasteiger partial charge in [0.15, 0.2) is 0 Å². The van der Waals surface area contributed by atoms with Crippen LogP contribution in [0.15, 0.2) is 42.5 Å². The fourth-order valence-electron chi connectivity index (χ4n) is 3.33. The molecule has 0 saturated carbocycles. The number of halogens is 2. The molecule has 2 aromatic rings. The lowest BCUT2D eigenvalue weighted by atomic mass is 10.2. The molecule has 0 aliphatic carbocycles. The van der Waals surface area contributed by atoms with Crippen molar-refractivity contribution in [3.05, 3.63) is 64.4 Å². The Kier molecular flexibility index (Phi) is 11.8. The van der Waals surface area contributed by atoms with Gasteiger partial charge in [-0.3, -0.25) is 0 Å². The van der Waals surface area contributed by atoms with E-state index in [9.17, 15) is 4.39 Å². The summed E-state index contributed by atoms with van der Waals surface area (Å²) in [5.41, 5.74) is 1.89. The third kappa shape index (κ3) is 9.03. The molecule has 0 unspecified atom stereocenters. The van der Waals surface area contributed by atoms with Gasteiger partial charge in [-0.1, -0.05) is 62.6 Å². The van der Waals surface area contributed by atoms with E-state index in [1.807, 2.05) is 18.2 Å². The summed E-state index contributed by atoms with van der Waals surface area (Å²) in [6, 6.07) is 12.4. The quantitative estimate of drug-likeness (QED) is 0.326. The molecule has 2 rings (SSSR count). The average molecular weight is 435 g/mol. The number of rotatable bonds is 15. The molecule has 0 bridgehead atoms. The number of nitrogens with zero attached hydrogens (tertiary/aromatic N) is 1. The van der Waals surface area contributed by atoms with Gasteiger partial charge in [-0.25, -0.2) is 4.39 Å². The van der Waals surface area contributed by atoms with Gasteiger partial charge in [0.1, 0.15) is 18.2 Å². The van der Waals surface area contributed by atoms with Crippen LogP contribution in [0.5, 0.6) is 5.75 Å². The lowest BCUT2D eigenvalue weighted by molar-refractivity contribution is 0.260. The summed E-state index contributed by atoms with van der Waals surface area (Å²) in [5.74, 6) is 0.495. The van der Waals surface area contributed by atoms with Crippen LogP contribution in [0.4, 0.5) is 4.39 Å². The molecule has 0 radical (unpaired) electrons. The minimum absolute atomic E-state index is 0.319. The van der Waals surface area contributed by atoms with Crippen molar-refractivity contribution in [3.63, 3.8) is 0 Å². The van der Waals surface area contributed by atoms with Crippen LogP contribution in [0, 0.1) is 5.82 Å². The van der Waals surface area contributed by atoms with Gasteiger partial charge < -0.3 is 15.0 Å². The molecular formula is C25H36ClFN2O. The summed E-state index contributed by atoms with van der Waals surface area (Å²) >= 11 is 6.11. The second-order valence-electron chi connectivity index (χ2n) is 7.71. The highest BCUT2D eigenvalue weighted by atomic mass is 35.5. The van der Waals surface area contributed by atoms with Crippen molar-refractivity contribution < 1.29 is 9.13 Å². The first-order valence-electron chi connectivity index (χ1n) is 11.2. The van der Waals surface area contributed by atoms with E-state index in [0.29, 0.717) is 11.6 Å². The number of nitrogens with one attached hydrogen (secondary N) is 1. The molecule has 1 N–H and O–H groups in total. The second kappa shape index (κ2) is 14.4. The van der Waals surface area contributed by atoms with Crippen molar-refractivity contribution in [1.82, 2.24) is 10.2 Å². The van der Waals surface area contributed by atoms with Crippen molar-refractivity contribution >= 4 is 11.6 Å². The van der Waals surface area contributed by atoms with E-state index in [1.54, 1.807) is 6.07 Å². The molecule has 0 aliphatic heterocycles. The molecule has 0 spiro atoms. The van der Waals surface area contributed by atoms with Gasteiger partial charge in [-0.15, -0.1) is 0 Å². The van der Waals surface area contributed by atoms with E-state index >= 15 is 0 Å². The summed E-state index contributed by atoms with van der Waals surface area (Å²) in [7, 11) is 0. The maximum atomic E-state index is 13.2. The minimum atomic E-state index is -0.337. The van der Waals surface area contributed by atoms with Crippen LogP contribution in [-0.2, 0) is 13.2 Å². The molecule has 0 saturated heterocycles. The minimum Gasteiger partial charge on any atom is -0.489 e. The van der Waals surface area contributed by atoms with Gasteiger partial charge in [-0.05, 0) is 63.6 Å². The zero-order valence-corrected chi connectivity index (χ0v) is 19.2. The first kappa shape index (κ1) is 24.6. The normalized spacial score (nSPS) is 11.2. The van der Waals surface area contributed by atoms with E-state index in [-0.39, 0.29) is 5.82 Å². The number of ether oxygens (including phenoxy) is 1. The number of hydrogen-bond acceptors (Lipinski definition) is 3. The molecular weight excluding hydrogens is 399 g/mol. The molecule has 3 nitrogen and oxygen atoms in total. The smallest absolute Gasteiger partial charge is 0.124 e. The Morgan fingerprint density at radius 3 is 2.33 bits per heavy atom. The summed E-state index contributed by atoms with van der Waals surface area (Å²) in [5, 5.41) is 3.93. The van der Waals surface area contributed by atoms with Crippen LogP contribution >= 0.6 is 11.6 Å². The highest BCUT2D eigenvalue weighted by Gasteiger charge is 2.07. The fraction of sp³-hybridized carbons (Fsp3) is 0.520. The van der Waals surface area contributed by atoms with Crippen LogP contribution in [-0.4, -0.2) is 31.1 Å². The first-order valence-corrected chi connectivity index (χ1v) is 11.6. The third-order valence-corrected chi connectivity index (χ3v) is 5.52. The van der Waals surface area contributed by atoms with Crippen molar-refractivity contribution in [2.24, 2.45) is 0 Å². The Morgan fingerprint density at radius 1 is 0.933 bits per heavy atom. The fourth-order valence-corrected chi connectivity index (χ4v) is 3.56. The average Bonchev–Trinajstić information content (AvgIpc) is 2.75. The molecule has 0 aromatic heterocycles. The summed E-state index contributed by atoms with van der Waals surface area (Å²) in [6.45, 7) is 10.1. The molecule has 0 fully saturated rings. The van der Waals surface area contributed by atoms with E-state index in [1.165, 1.54) is 50.9 Å². The van der Waals surface area contributed by atoms with Gasteiger partial charge in [0.2, 0.25) is 0 Å². The van der Waals surface area contributed by atoms with Crippen molar-refractivity contribution in [1.29, 1.82) is 0 Å². The van der Waals surface area contributed by atoms with Gasteiger partial charge in [0.05, 0.1) is 5.02 Å². The monoisotopic (exact) mass is 434 g/mol. The van der Waals surface area contributed by atoms with E-state index < -0.39 is 0 Å². The number of benzene rings is 2. The molecule has 30 heavy (non-hydrogen) atoms. The van der Waals surface area contributed by atoms with Crippen LogP contribution in [0.3, 0.4) is 0 Å². The molecule has 5 heteroatoms. The SMILES string of the molecule is CCCCN(CCCC)CCCNCc1ccccc1OCc1ccc(F)cc1Cl. The zero-order chi connectivity index (χ0) is 21.6. The predicted octanol–water partition coefficient (Wildman–Crippen LogP) is 6.44. The first-order chi connectivity index (χ1) is 14.6. The van der Waals surface area contributed by atoms with Gasteiger partial charge in [-0.2, -0.15) is 0 Å². The largest absolute Gasteiger partial charge is 0.489 e.